The molecule has 2 rings (SSSR count). The van der Waals surface area contributed by atoms with Crippen LogP contribution >= 0.6 is 11.6 Å². The Kier molecular flexibility index (Phi) is 3.94. The molecule has 1 unspecified atom stereocenters. The summed E-state index contributed by atoms with van der Waals surface area (Å²) in [6, 6.07) is 4.03. The van der Waals surface area contributed by atoms with E-state index < -0.39 is 31.9 Å². The number of carboxylic acid groups (broad SMARTS) is 1. The average Bonchev–Trinajstić information content (AvgIpc) is 2.68. The number of hydrogen-bond donors (Lipinski definition) is 1. The Hall–Kier alpha value is -1.67. The first-order chi connectivity index (χ1) is 9.67. The average molecular weight is 334 g/mol. The molecule has 1 N–H and O–H groups in total. The van der Waals surface area contributed by atoms with Crippen LogP contribution < -0.4 is 0 Å². The second-order valence-electron chi connectivity index (χ2n) is 5.10. The number of halogens is 1. The molecule has 1 heterocycles. The molecule has 1 aliphatic rings. The van der Waals surface area contributed by atoms with Gasteiger partial charge in [-0.25, -0.2) is 8.42 Å². The Morgan fingerprint density at radius 2 is 2.14 bits per heavy atom. The summed E-state index contributed by atoms with van der Waals surface area (Å²) in [5.41, 5.74) is -1.80. The van der Waals surface area contributed by atoms with Crippen molar-refractivity contribution in [3.8, 4) is 0 Å². The van der Waals surface area contributed by atoms with E-state index in [0.29, 0.717) is 0 Å². The van der Waals surface area contributed by atoms with Crippen molar-refractivity contribution < 1.29 is 23.2 Å². The van der Waals surface area contributed by atoms with Gasteiger partial charge in [-0.2, -0.15) is 0 Å². The summed E-state index contributed by atoms with van der Waals surface area (Å²) in [4.78, 5) is 21.9. The molecule has 1 aromatic carbocycles. The van der Waals surface area contributed by atoms with Gasteiger partial charge in [0.05, 0.1) is 26.9 Å². The molecule has 114 valence electrons. The number of nitro benzene ring substituents is 1. The van der Waals surface area contributed by atoms with Gasteiger partial charge in [-0.1, -0.05) is 17.7 Å². The molecule has 7 nitrogen and oxygen atoms in total. The number of nitro groups is 1. The van der Waals surface area contributed by atoms with Crippen molar-refractivity contribution >= 4 is 33.1 Å². The second-order valence-corrected chi connectivity index (χ2v) is 7.69. The molecule has 0 amide bonds. The number of rotatable bonds is 4. The number of carbonyl (C=O) groups is 1. The van der Waals surface area contributed by atoms with Gasteiger partial charge in [0.2, 0.25) is 0 Å². The number of benzene rings is 1. The molecule has 0 bridgehead atoms. The molecule has 1 fully saturated rings. The quantitative estimate of drug-likeness (QED) is 0.662. The van der Waals surface area contributed by atoms with Crippen molar-refractivity contribution in [2.24, 2.45) is 5.41 Å². The molecule has 21 heavy (non-hydrogen) atoms. The Morgan fingerprint density at radius 3 is 2.62 bits per heavy atom. The zero-order valence-electron chi connectivity index (χ0n) is 10.8. The Morgan fingerprint density at radius 1 is 1.48 bits per heavy atom. The summed E-state index contributed by atoms with van der Waals surface area (Å²) in [6.45, 7) is 0. The van der Waals surface area contributed by atoms with E-state index in [4.69, 9.17) is 11.6 Å². The molecule has 1 saturated heterocycles. The van der Waals surface area contributed by atoms with E-state index >= 15 is 0 Å². The van der Waals surface area contributed by atoms with Crippen molar-refractivity contribution in [1.29, 1.82) is 0 Å². The van der Waals surface area contributed by atoms with Gasteiger partial charge in [-0.15, -0.1) is 0 Å². The highest BCUT2D eigenvalue weighted by Crippen LogP contribution is 2.40. The van der Waals surface area contributed by atoms with Crippen molar-refractivity contribution in [2.75, 3.05) is 11.5 Å². The van der Waals surface area contributed by atoms with Crippen molar-refractivity contribution in [1.82, 2.24) is 0 Å². The molecule has 0 radical (unpaired) electrons. The third-order valence-corrected chi connectivity index (χ3v) is 5.82. The molecule has 0 saturated carbocycles. The highest BCUT2D eigenvalue weighted by molar-refractivity contribution is 7.91. The normalized spacial score (nSPS) is 23.9. The summed E-state index contributed by atoms with van der Waals surface area (Å²) in [7, 11) is -3.46. The maximum atomic E-state index is 11.6. The first-order valence-electron chi connectivity index (χ1n) is 6.02. The van der Waals surface area contributed by atoms with Gasteiger partial charge < -0.3 is 5.11 Å². The van der Waals surface area contributed by atoms with Crippen LogP contribution in [0.2, 0.25) is 5.02 Å². The van der Waals surface area contributed by atoms with Crippen LogP contribution in [0.5, 0.6) is 0 Å². The van der Waals surface area contributed by atoms with Crippen LogP contribution in [0.4, 0.5) is 5.69 Å². The molecule has 0 aromatic heterocycles. The van der Waals surface area contributed by atoms with Crippen LogP contribution in [0.15, 0.2) is 18.2 Å². The fourth-order valence-corrected chi connectivity index (χ4v) is 4.83. The van der Waals surface area contributed by atoms with Gasteiger partial charge in [-0.05, 0) is 18.9 Å². The monoisotopic (exact) mass is 333 g/mol. The van der Waals surface area contributed by atoms with Gasteiger partial charge in [0.25, 0.3) is 5.69 Å². The topological polar surface area (TPSA) is 115 Å². The predicted octanol–water partition coefficient (Wildman–Crippen LogP) is 1.68. The summed E-state index contributed by atoms with van der Waals surface area (Å²) in [5, 5.41) is 20.5. The van der Waals surface area contributed by atoms with E-state index in [1.165, 1.54) is 18.2 Å². The largest absolute Gasteiger partial charge is 0.481 e. The third-order valence-electron chi connectivity index (χ3n) is 3.65. The van der Waals surface area contributed by atoms with Crippen molar-refractivity contribution in [2.45, 2.75) is 12.8 Å². The maximum absolute atomic E-state index is 11.6. The molecular formula is C12H12ClNO6S. The van der Waals surface area contributed by atoms with Gasteiger partial charge >= 0.3 is 5.97 Å². The Balaban J connectivity index is 2.49. The van der Waals surface area contributed by atoms with Crippen LogP contribution in [0.1, 0.15) is 12.0 Å². The van der Waals surface area contributed by atoms with E-state index in [-0.39, 0.29) is 34.9 Å². The maximum Gasteiger partial charge on any atom is 0.311 e. The molecule has 1 atom stereocenters. The highest BCUT2D eigenvalue weighted by Gasteiger charge is 2.49. The zero-order chi connectivity index (χ0) is 15.8. The van der Waals surface area contributed by atoms with Gasteiger partial charge in [0.15, 0.2) is 9.84 Å². The Labute approximate surface area is 125 Å². The minimum absolute atomic E-state index is 0.0590. The lowest BCUT2D eigenvalue weighted by atomic mass is 9.81. The Bertz CT molecular complexity index is 716. The van der Waals surface area contributed by atoms with E-state index in [9.17, 15) is 28.4 Å². The molecule has 1 aromatic rings. The number of carboxylic acids is 1. The summed E-state index contributed by atoms with van der Waals surface area (Å²) in [6.07, 6.45) is -0.357. The summed E-state index contributed by atoms with van der Waals surface area (Å²) in [5.74, 6) is -2.05. The van der Waals surface area contributed by atoms with Crippen LogP contribution in [0.3, 0.4) is 0 Å². The number of sulfone groups is 1. The molecule has 0 spiro atoms. The number of hydrogen-bond acceptors (Lipinski definition) is 5. The van der Waals surface area contributed by atoms with Crippen LogP contribution in [0, 0.1) is 15.5 Å². The molecular weight excluding hydrogens is 322 g/mol. The second kappa shape index (κ2) is 5.27. The van der Waals surface area contributed by atoms with Gasteiger partial charge in [0.1, 0.15) is 0 Å². The minimum Gasteiger partial charge on any atom is -0.481 e. The van der Waals surface area contributed by atoms with E-state index in [0.717, 1.165) is 0 Å². The number of nitrogens with zero attached hydrogens (tertiary/aromatic N) is 1. The van der Waals surface area contributed by atoms with Crippen molar-refractivity contribution in [3.63, 3.8) is 0 Å². The van der Waals surface area contributed by atoms with Crippen molar-refractivity contribution in [3.05, 3.63) is 38.9 Å². The smallest absolute Gasteiger partial charge is 0.311 e. The van der Waals surface area contributed by atoms with E-state index in [1.807, 2.05) is 0 Å². The SMILES string of the molecule is O=C(O)C1(Cc2c(Cl)cccc2[N+](=O)[O-])CCS(=O)(=O)C1. The van der Waals surface area contributed by atoms with Crippen LogP contribution in [-0.4, -0.2) is 35.9 Å². The zero-order valence-corrected chi connectivity index (χ0v) is 12.4. The fraction of sp³-hybridized carbons (Fsp3) is 0.417. The van der Waals surface area contributed by atoms with Crippen LogP contribution in [0.25, 0.3) is 0 Å². The minimum atomic E-state index is -3.46. The first kappa shape index (κ1) is 15.7. The first-order valence-corrected chi connectivity index (χ1v) is 8.22. The lowest BCUT2D eigenvalue weighted by Crippen LogP contribution is -2.35. The number of aliphatic carboxylic acids is 1. The van der Waals surface area contributed by atoms with Crippen LogP contribution in [-0.2, 0) is 21.1 Å². The lowest BCUT2D eigenvalue weighted by Gasteiger charge is -2.22. The predicted molar refractivity (Wildman–Crippen MR) is 75.2 cm³/mol. The highest BCUT2D eigenvalue weighted by atomic mass is 35.5. The van der Waals surface area contributed by atoms with Gasteiger partial charge in [0, 0.05) is 11.6 Å². The molecule has 0 aliphatic carbocycles. The van der Waals surface area contributed by atoms with E-state index in [1.54, 1.807) is 0 Å². The standard InChI is InChI=1S/C12H12ClNO6S/c13-9-2-1-3-10(14(17)18)8(9)6-12(11(15)16)4-5-21(19,20)7-12/h1-3H,4-7H2,(H,15,16). The third kappa shape index (κ3) is 3.01. The van der Waals surface area contributed by atoms with Gasteiger partial charge in [-0.3, -0.25) is 14.9 Å². The van der Waals surface area contributed by atoms with E-state index in [2.05, 4.69) is 0 Å². The fourth-order valence-electron chi connectivity index (χ4n) is 2.53. The summed E-state index contributed by atoms with van der Waals surface area (Å²) < 4.78 is 23.2. The molecule has 1 aliphatic heterocycles. The lowest BCUT2D eigenvalue weighted by molar-refractivity contribution is -0.385. The molecule has 9 heteroatoms. The summed E-state index contributed by atoms with van der Waals surface area (Å²) >= 11 is 5.94.